The molecule has 3 aromatic carbocycles. The molecule has 0 N–H and O–H groups in total. The van der Waals surface area contributed by atoms with Crippen LogP contribution in [0.5, 0.6) is 0 Å². The van der Waals surface area contributed by atoms with Gasteiger partial charge in [-0.05, 0) is 36.8 Å². The molecule has 4 nitrogen and oxygen atoms in total. The summed E-state index contributed by atoms with van der Waals surface area (Å²) in [5.41, 5.74) is 2.17. The molecule has 0 radical (unpaired) electrons. The first-order valence-electron chi connectivity index (χ1n) is 9.72. The van der Waals surface area contributed by atoms with Crippen molar-refractivity contribution in [2.75, 3.05) is 14.1 Å². The molecule has 1 heterocycles. The number of amides is 1. The highest BCUT2D eigenvalue weighted by atomic mass is 31.2. The molecule has 1 aliphatic rings. The van der Waals surface area contributed by atoms with Crippen LogP contribution in [0.25, 0.3) is 0 Å². The second-order valence-corrected chi connectivity index (χ2v) is 10.3. The van der Waals surface area contributed by atoms with Crippen LogP contribution in [0.1, 0.15) is 17.2 Å². The highest BCUT2D eigenvalue weighted by Gasteiger charge is 2.62. The monoisotopic (exact) mass is 404 g/mol. The van der Waals surface area contributed by atoms with Gasteiger partial charge >= 0.3 is 0 Å². The summed E-state index contributed by atoms with van der Waals surface area (Å²) < 4.78 is 16.6. The minimum atomic E-state index is -3.18. The zero-order valence-electron chi connectivity index (χ0n) is 16.9. The van der Waals surface area contributed by atoms with Crippen LogP contribution in [0.2, 0.25) is 0 Å². The highest BCUT2D eigenvalue weighted by molar-refractivity contribution is 7.76. The molecule has 148 valence electrons. The zero-order valence-corrected chi connectivity index (χ0v) is 17.8. The Balaban J connectivity index is 1.87. The van der Waals surface area contributed by atoms with Crippen LogP contribution in [0.4, 0.5) is 0 Å². The molecule has 0 spiro atoms. The van der Waals surface area contributed by atoms with E-state index in [-0.39, 0.29) is 11.9 Å². The van der Waals surface area contributed by atoms with Crippen LogP contribution in [-0.2, 0) is 9.36 Å². The van der Waals surface area contributed by atoms with Crippen molar-refractivity contribution in [1.82, 2.24) is 9.57 Å². The van der Waals surface area contributed by atoms with Crippen LogP contribution in [0.3, 0.4) is 0 Å². The third-order valence-electron chi connectivity index (χ3n) is 5.43. The van der Waals surface area contributed by atoms with Crippen LogP contribution < -0.4 is 10.6 Å². The molecule has 4 rings (SSSR count). The fraction of sp³-hybridized carbons (Fsp3) is 0.208. The summed E-state index contributed by atoms with van der Waals surface area (Å²) >= 11 is 0. The quantitative estimate of drug-likeness (QED) is 0.481. The number of carbonyl (C=O) groups excluding carboxylic acids is 1. The summed E-state index contributed by atoms with van der Waals surface area (Å²) in [7, 11) is 0.320. The maximum absolute atomic E-state index is 14.7. The predicted molar refractivity (Wildman–Crippen MR) is 118 cm³/mol. The van der Waals surface area contributed by atoms with Gasteiger partial charge < -0.3 is 4.90 Å². The Kier molecular flexibility index (Phi) is 5.16. The van der Waals surface area contributed by atoms with E-state index in [1.807, 2.05) is 96.5 Å². The molecule has 3 atom stereocenters. The lowest BCUT2D eigenvalue weighted by atomic mass is 10.1. The van der Waals surface area contributed by atoms with Gasteiger partial charge in [-0.25, -0.2) is 4.67 Å². The maximum atomic E-state index is 14.7. The Hall–Kier alpha value is -2.68. The third-order valence-corrected chi connectivity index (χ3v) is 8.57. The summed E-state index contributed by atoms with van der Waals surface area (Å²) in [4.78, 5) is 14.6. The van der Waals surface area contributed by atoms with Crippen molar-refractivity contribution in [1.29, 1.82) is 0 Å². The summed E-state index contributed by atoms with van der Waals surface area (Å²) in [5, 5.41) is 1.50. The number of nitrogens with zero attached hydrogens (tertiary/aromatic N) is 2. The molecule has 0 aromatic heterocycles. The van der Waals surface area contributed by atoms with E-state index in [1.165, 1.54) is 0 Å². The molecule has 29 heavy (non-hydrogen) atoms. The SMILES string of the molecule is Cc1ccc([C@H]2[C@H](C(=O)N(C)C)N2P(=O)(c2ccccc2)c2ccccc2)cc1. The molecule has 0 bridgehead atoms. The molecule has 3 aromatic rings. The molecule has 1 unspecified atom stereocenters. The van der Waals surface area contributed by atoms with Gasteiger partial charge in [-0.2, -0.15) is 0 Å². The van der Waals surface area contributed by atoms with Crippen LogP contribution in [0.15, 0.2) is 84.9 Å². The van der Waals surface area contributed by atoms with Crippen molar-refractivity contribution in [3.05, 3.63) is 96.1 Å². The van der Waals surface area contributed by atoms with E-state index in [2.05, 4.69) is 0 Å². The minimum absolute atomic E-state index is 0.0253. The lowest BCUT2D eigenvalue weighted by Gasteiger charge is -2.22. The van der Waals surface area contributed by atoms with Crippen molar-refractivity contribution in [3.8, 4) is 0 Å². The second kappa shape index (κ2) is 7.62. The average Bonchev–Trinajstić information content (AvgIpc) is 3.50. The van der Waals surface area contributed by atoms with Crippen molar-refractivity contribution in [2.24, 2.45) is 0 Å². The molecule has 1 amide bonds. The van der Waals surface area contributed by atoms with Gasteiger partial charge in [0.1, 0.15) is 6.04 Å². The summed E-state index contributed by atoms with van der Waals surface area (Å²) in [6.45, 7) is 2.04. The normalized spacial score (nSPS) is 20.9. The van der Waals surface area contributed by atoms with Gasteiger partial charge in [-0.15, -0.1) is 0 Å². The molecule has 1 saturated heterocycles. The summed E-state index contributed by atoms with van der Waals surface area (Å²) in [6.07, 6.45) is 0. The average molecular weight is 404 g/mol. The molecule has 1 aliphatic heterocycles. The van der Waals surface area contributed by atoms with Gasteiger partial charge in [0.05, 0.1) is 6.04 Å². The largest absolute Gasteiger partial charge is 0.347 e. The number of carbonyl (C=O) groups is 1. The van der Waals surface area contributed by atoms with E-state index < -0.39 is 13.3 Å². The fourth-order valence-corrected chi connectivity index (χ4v) is 6.97. The lowest BCUT2D eigenvalue weighted by Crippen LogP contribution is -2.30. The number of hydrogen-bond acceptors (Lipinski definition) is 2. The number of likely N-dealkylation sites (N-methyl/N-ethyl adjacent to an activating group) is 1. The van der Waals surface area contributed by atoms with Gasteiger partial charge in [-0.1, -0.05) is 66.2 Å². The molecule has 5 heteroatoms. The molecule has 0 aliphatic carbocycles. The fourth-order valence-electron chi connectivity index (χ4n) is 3.86. The van der Waals surface area contributed by atoms with Crippen LogP contribution >= 0.6 is 7.29 Å². The van der Waals surface area contributed by atoms with Crippen molar-refractivity contribution in [3.63, 3.8) is 0 Å². The van der Waals surface area contributed by atoms with Crippen molar-refractivity contribution >= 4 is 23.8 Å². The Morgan fingerprint density at radius 1 is 0.828 bits per heavy atom. The third kappa shape index (κ3) is 3.43. The Labute approximate surface area is 172 Å². The minimum Gasteiger partial charge on any atom is -0.347 e. The van der Waals surface area contributed by atoms with Gasteiger partial charge in [0.15, 0.2) is 0 Å². The van der Waals surface area contributed by atoms with Crippen molar-refractivity contribution in [2.45, 2.75) is 19.0 Å². The van der Waals surface area contributed by atoms with Crippen LogP contribution in [-0.4, -0.2) is 35.6 Å². The summed E-state index contributed by atoms with van der Waals surface area (Å²) in [6, 6.07) is 26.5. The highest BCUT2D eigenvalue weighted by Crippen LogP contribution is 2.64. The Bertz CT molecular complexity index is 1010. The maximum Gasteiger partial charge on any atom is 0.241 e. The Morgan fingerprint density at radius 3 is 1.76 bits per heavy atom. The van der Waals surface area contributed by atoms with Gasteiger partial charge in [0.2, 0.25) is 13.2 Å². The number of hydrogen-bond donors (Lipinski definition) is 0. The van der Waals surface area contributed by atoms with Crippen molar-refractivity contribution < 1.29 is 9.36 Å². The molecule has 0 saturated carbocycles. The first-order chi connectivity index (χ1) is 13.9. The zero-order chi connectivity index (χ0) is 20.6. The number of rotatable bonds is 5. The summed E-state index contributed by atoms with van der Waals surface area (Å²) in [5.74, 6) is -0.0253. The first kappa shape index (κ1) is 19.6. The standard InChI is InChI=1S/C24H25N2O2P/c1-18-14-16-19(17-15-18)22-23(24(27)25(2)3)26(22)29(28,20-10-6-4-7-11-20)21-12-8-5-9-13-21/h4-17,22-23H,1-3H3/t22-,23+,26?/m0/s1. The molecular formula is C24H25N2O2P. The van der Waals surface area contributed by atoms with E-state index in [9.17, 15) is 9.36 Å². The van der Waals surface area contributed by atoms with E-state index in [4.69, 9.17) is 0 Å². The first-order valence-corrected chi connectivity index (χ1v) is 11.4. The van der Waals surface area contributed by atoms with E-state index in [1.54, 1.807) is 19.0 Å². The smallest absolute Gasteiger partial charge is 0.241 e. The lowest BCUT2D eigenvalue weighted by molar-refractivity contribution is -0.128. The van der Waals surface area contributed by atoms with Gasteiger partial charge in [-0.3, -0.25) is 9.36 Å². The topological polar surface area (TPSA) is 40.4 Å². The number of aryl methyl sites for hydroxylation is 1. The van der Waals surface area contributed by atoms with E-state index in [0.717, 1.165) is 21.7 Å². The number of benzene rings is 3. The molecule has 1 fully saturated rings. The Morgan fingerprint density at radius 2 is 1.31 bits per heavy atom. The van der Waals surface area contributed by atoms with Gasteiger partial charge in [0, 0.05) is 24.7 Å². The van der Waals surface area contributed by atoms with E-state index in [0.29, 0.717) is 0 Å². The molecular weight excluding hydrogens is 379 g/mol. The predicted octanol–water partition coefficient (Wildman–Crippen LogP) is 3.74. The van der Waals surface area contributed by atoms with Gasteiger partial charge in [0.25, 0.3) is 0 Å². The van der Waals surface area contributed by atoms with E-state index >= 15 is 0 Å². The van der Waals surface area contributed by atoms with Crippen LogP contribution in [0, 0.1) is 6.92 Å². The second-order valence-electron chi connectivity index (χ2n) is 7.66.